The number of nitrogens with one attached hydrogen (secondary N) is 1. The van der Waals surface area contributed by atoms with E-state index in [1.54, 1.807) is 31.7 Å². The SMILES string of the molecule is CCCC(C)(C)COC(=O)[C@H](C)NP(=O)(CO[C@H](C)Cn1cnc2c(N)ncnc21)OCOC(=O)OC(C)C.O=C(O)/C=C/C(=O)O. The number of hydrogen-bond donors (Lipinski definition) is 4. The molecule has 3 atom stereocenters. The van der Waals surface area contributed by atoms with Crippen LogP contribution in [0.4, 0.5) is 10.6 Å². The number of nitrogen functional groups attached to an aromatic ring is 1. The van der Waals surface area contributed by atoms with Crippen molar-refractivity contribution in [2.24, 2.45) is 5.41 Å². The maximum Gasteiger partial charge on any atom is 0.510 e. The van der Waals surface area contributed by atoms with Gasteiger partial charge in [-0.25, -0.2) is 34.4 Å². The fourth-order valence-corrected chi connectivity index (χ4v) is 5.31. The molecule has 5 N–H and O–H groups in total. The summed E-state index contributed by atoms with van der Waals surface area (Å²) in [5, 5.41) is 18.3. The van der Waals surface area contributed by atoms with Crippen molar-refractivity contribution in [1.29, 1.82) is 0 Å². The Morgan fingerprint density at radius 3 is 2.28 bits per heavy atom. The van der Waals surface area contributed by atoms with Gasteiger partial charge in [-0.05, 0) is 39.5 Å². The number of nitrogens with two attached hydrogens (primary N) is 1. The molecule has 2 aromatic heterocycles. The minimum absolute atomic E-state index is 0.194. The maximum atomic E-state index is 13.6. The van der Waals surface area contributed by atoms with Crippen molar-refractivity contribution in [3.05, 3.63) is 24.8 Å². The number of imidazole rings is 1. The van der Waals surface area contributed by atoms with Crippen LogP contribution in [0.15, 0.2) is 24.8 Å². The lowest BCUT2D eigenvalue weighted by atomic mass is 9.89. The van der Waals surface area contributed by atoms with E-state index >= 15 is 0 Å². The van der Waals surface area contributed by atoms with Crippen LogP contribution in [-0.2, 0) is 49.0 Å². The largest absolute Gasteiger partial charge is 0.510 e. The predicted molar refractivity (Wildman–Crippen MR) is 168 cm³/mol. The van der Waals surface area contributed by atoms with Crippen LogP contribution in [-0.4, -0.2) is 91.8 Å². The van der Waals surface area contributed by atoms with Crippen molar-refractivity contribution in [3.63, 3.8) is 0 Å². The molecular weight excluding hydrogens is 643 g/mol. The molecule has 264 valence electrons. The Morgan fingerprint density at radius 2 is 1.70 bits per heavy atom. The molecule has 47 heavy (non-hydrogen) atoms. The van der Waals surface area contributed by atoms with E-state index in [9.17, 15) is 23.7 Å². The first-order valence-electron chi connectivity index (χ1n) is 14.6. The fraction of sp³-hybridized carbons (Fsp3) is 0.607. The second kappa shape index (κ2) is 19.5. The lowest BCUT2D eigenvalue weighted by Gasteiger charge is -2.26. The van der Waals surface area contributed by atoms with Gasteiger partial charge >= 0.3 is 24.1 Å². The second-order valence-electron chi connectivity index (χ2n) is 11.3. The number of nitrogens with zero attached hydrogens (tertiary/aromatic N) is 4. The number of fused-ring (bicyclic) bond motifs is 1. The number of aliphatic carboxylic acids is 2. The summed E-state index contributed by atoms with van der Waals surface area (Å²) < 4.78 is 41.8. The van der Waals surface area contributed by atoms with Gasteiger partial charge in [-0.2, -0.15) is 0 Å². The highest BCUT2D eigenvalue weighted by molar-refractivity contribution is 7.56. The Bertz CT molecular complexity index is 1400. The van der Waals surface area contributed by atoms with E-state index in [0.29, 0.717) is 29.9 Å². The van der Waals surface area contributed by atoms with E-state index in [2.05, 4.69) is 27.0 Å². The second-order valence-corrected chi connectivity index (χ2v) is 13.4. The number of aromatic nitrogens is 4. The molecule has 0 radical (unpaired) electrons. The number of ether oxygens (including phenoxy) is 4. The van der Waals surface area contributed by atoms with Crippen LogP contribution < -0.4 is 10.8 Å². The van der Waals surface area contributed by atoms with Crippen LogP contribution in [0.3, 0.4) is 0 Å². The molecule has 0 aliphatic carbocycles. The van der Waals surface area contributed by atoms with E-state index in [1.807, 2.05) is 13.8 Å². The third-order valence-electron chi connectivity index (χ3n) is 5.83. The first kappa shape index (κ1) is 40.9. The Kier molecular flexibility index (Phi) is 17.0. The summed E-state index contributed by atoms with van der Waals surface area (Å²) in [5.41, 5.74) is 6.63. The van der Waals surface area contributed by atoms with Gasteiger partial charge in [0, 0.05) is 12.2 Å². The molecular formula is C28H45N6O12P. The molecule has 2 aromatic rings. The number of carboxylic acids is 2. The Labute approximate surface area is 272 Å². The monoisotopic (exact) mass is 688 g/mol. The average Bonchev–Trinajstić information content (AvgIpc) is 3.37. The van der Waals surface area contributed by atoms with Crippen LogP contribution >= 0.6 is 7.52 Å². The number of anilines is 1. The molecule has 0 spiro atoms. The molecule has 0 aromatic carbocycles. The number of esters is 1. The molecule has 1 unspecified atom stereocenters. The van der Waals surface area contributed by atoms with Crippen LogP contribution in [0.1, 0.15) is 61.3 Å². The maximum absolute atomic E-state index is 13.6. The summed E-state index contributed by atoms with van der Waals surface area (Å²) in [7, 11) is -3.87. The average molecular weight is 689 g/mol. The molecule has 0 fully saturated rings. The number of carbonyl (C=O) groups excluding carboxylic acids is 2. The predicted octanol–water partition coefficient (Wildman–Crippen LogP) is 3.56. The van der Waals surface area contributed by atoms with Crippen molar-refractivity contribution in [2.45, 2.75) is 86.1 Å². The van der Waals surface area contributed by atoms with Gasteiger partial charge in [-0.15, -0.1) is 0 Å². The van der Waals surface area contributed by atoms with Crippen LogP contribution in [0.2, 0.25) is 0 Å². The molecule has 2 rings (SSSR count). The van der Waals surface area contributed by atoms with Crippen molar-refractivity contribution < 1.29 is 57.4 Å². The zero-order chi connectivity index (χ0) is 35.8. The highest BCUT2D eigenvalue weighted by Crippen LogP contribution is 2.43. The lowest BCUT2D eigenvalue weighted by Crippen LogP contribution is -2.37. The Hall–Kier alpha value is -4.12. The molecule has 0 saturated heterocycles. The Balaban J connectivity index is 0.00000122. The third kappa shape index (κ3) is 16.3. The zero-order valence-electron chi connectivity index (χ0n) is 27.6. The quantitative estimate of drug-likeness (QED) is 0.0755. The van der Waals surface area contributed by atoms with Crippen LogP contribution in [0.25, 0.3) is 11.2 Å². The highest BCUT2D eigenvalue weighted by atomic mass is 31.2. The standard InChI is InChI=1S/C24H41N6O8P.C4H4O4/c1-8-9-24(6,7)11-34-22(31)18(5)29-39(33,37-14-35-23(32)38-16(2)3)15-36-17(4)10-30-13-28-19-20(25)26-12-27-21(19)30;5-3(6)1-2-4(7)8/h12-13,16-18H,8-11,14-15H2,1-7H3,(H,29,33)(H2,25,26,27);1-2H,(H,5,6)(H,7,8)/b;2-1+/t17-,18+,39?;/m1./s1. The smallest absolute Gasteiger partial charge is 0.478 e. The molecule has 0 amide bonds. The van der Waals surface area contributed by atoms with Gasteiger partial charge in [0.05, 0.1) is 31.7 Å². The van der Waals surface area contributed by atoms with E-state index in [1.165, 1.54) is 13.3 Å². The first-order chi connectivity index (χ1) is 21.9. The van der Waals surface area contributed by atoms with E-state index in [0.717, 1.165) is 12.8 Å². The number of hydrogen-bond acceptors (Lipinski definition) is 14. The first-order valence-corrected chi connectivity index (χ1v) is 16.4. The van der Waals surface area contributed by atoms with Gasteiger partial charge in [-0.3, -0.25) is 13.9 Å². The van der Waals surface area contributed by atoms with Crippen molar-refractivity contribution in [2.75, 3.05) is 25.5 Å². The summed E-state index contributed by atoms with van der Waals surface area (Å²) in [6.45, 7) is 12.5. The number of carboxylic acid groups (broad SMARTS) is 2. The molecule has 18 nitrogen and oxygen atoms in total. The topological polar surface area (TPSA) is 254 Å². The highest BCUT2D eigenvalue weighted by Gasteiger charge is 2.32. The third-order valence-corrected chi connectivity index (χ3v) is 7.62. The fourth-order valence-electron chi connectivity index (χ4n) is 3.72. The van der Waals surface area contributed by atoms with E-state index in [4.69, 9.17) is 39.4 Å². The number of carbonyl (C=O) groups is 4. The van der Waals surface area contributed by atoms with Gasteiger partial charge in [0.25, 0.3) is 7.52 Å². The van der Waals surface area contributed by atoms with Gasteiger partial charge in [0.2, 0.25) is 6.79 Å². The van der Waals surface area contributed by atoms with Gasteiger partial charge in [0.15, 0.2) is 11.5 Å². The van der Waals surface area contributed by atoms with E-state index in [-0.39, 0.29) is 17.8 Å². The summed E-state index contributed by atoms with van der Waals surface area (Å²) in [6, 6.07) is -0.993. The molecule has 0 aliphatic rings. The van der Waals surface area contributed by atoms with Gasteiger partial charge < -0.3 is 39.5 Å². The normalized spacial score (nSPS) is 14.1. The summed E-state index contributed by atoms with van der Waals surface area (Å²) >= 11 is 0. The molecule has 0 aliphatic heterocycles. The summed E-state index contributed by atoms with van der Waals surface area (Å²) in [5.74, 6) is -2.86. The molecule has 0 saturated carbocycles. The van der Waals surface area contributed by atoms with Crippen molar-refractivity contribution >= 4 is 48.6 Å². The number of rotatable bonds is 18. The van der Waals surface area contributed by atoms with E-state index < -0.39 is 63.0 Å². The van der Waals surface area contributed by atoms with Crippen LogP contribution in [0, 0.1) is 5.41 Å². The van der Waals surface area contributed by atoms with Gasteiger partial charge in [-0.1, -0.05) is 27.2 Å². The molecule has 2 heterocycles. The minimum atomic E-state index is -3.87. The molecule has 19 heteroatoms. The Morgan fingerprint density at radius 1 is 1.06 bits per heavy atom. The summed E-state index contributed by atoms with van der Waals surface area (Å²) in [6.07, 6.45) is 3.53. The van der Waals surface area contributed by atoms with Gasteiger partial charge in [0.1, 0.15) is 24.2 Å². The summed E-state index contributed by atoms with van der Waals surface area (Å²) in [4.78, 5) is 55.8. The van der Waals surface area contributed by atoms with Crippen molar-refractivity contribution in [1.82, 2.24) is 24.6 Å². The van der Waals surface area contributed by atoms with Crippen LogP contribution in [0.5, 0.6) is 0 Å². The molecule has 0 bridgehead atoms. The minimum Gasteiger partial charge on any atom is -0.478 e. The van der Waals surface area contributed by atoms with Crippen molar-refractivity contribution in [3.8, 4) is 0 Å². The lowest BCUT2D eigenvalue weighted by molar-refractivity contribution is -0.148. The zero-order valence-corrected chi connectivity index (χ0v) is 28.5.